The van der Waals surface area contributed by atoms with Gasteiger partial charge in [0, 0.05) is 6.20 Å². The van der Waals surface area contributed by atoms with Gasteiger partial charge in [0.2, 0.25) is 0 Å². The molecule has 5 heteroatoms. The predicted octanol–water partition coefficient (Wildman–Crippen LogP) is 3.20. The molecule has 0 atom stereocenters. The lowest BCUT2D eigenvalue weighted by Crippen LogP contribution is -2.22. The monoisotopic (exact) mass is 321 g/mol. The number of benzene rings is 1. The van der Waals surface area contributed by atoms with Crippen LogP contribution in [0.25, 0.3) is 16.7 Å². The summed E-state index contributed by atoms with van der Waals surface area (Å²) in [7, 11) is 0. The van der Waals surface area contributed by atoms with Gasteiger partial charge >= 0.3 is 0 Å². The maximum Gasteiger partial charge on any atom is 0.267 e. The zero-order chi connectivity index (χ0) is 16.2. The fraction of sp³-hybridized carbons (Fsp3) is 0.167. The molecule has 0 saturated heterocycles. The van der Waals surface area contributed by atoms with Gasteiger partial charge in [0.15, 0.2) is 5.16 Å². The number of fused-ring (bicyclic) bond motifs is 1. The molecule has 0 unspecified atom stereocenters. The number of aromatic nitrogens is 3. The zero-order valence-electron chi connectivity index (χ0n) is 12.9. The van der Waals surface area contributed by atoms with Crippen molar-refractivity contribution in [2.24, 2.45) is 0 Å². The summed E-state index contributed by atoms with van der Waals surface area (Å²) in [6.45, 7) is 3.76. The van der Waals surface area contributed by atoms with Crippen LogP contribution in [0.4, 0.5) is 0 Å². The Hall–Kier alpha value is -2.58. The third-order valence-corrected chi connectivity index (χ3v) is 4.14. The Bertz CT molecular complexity index is 965. The highest BCUT2D eigenvalue weighted by Gasteiger charge is 2.13. The van der Waals surface area contributed by atoms with Crippen molar-refractivity contribution in [3.8, 4) is 17.7 Å². The largest absolute Gasteiger partial charge is 0.268 e. The molecule has 0 bridgehead atoms. The lowest BCUT2D eigenvalue weighted by atomic mass is 10.2. The molecule has 3 aromatic rings. The van der Waals surface area contributed by atoms with Crippen LogP contribution in [-0.2, 0) is 0 Å². The Morgan fingerprint density at radius 2 is 2.04 bits per heavy atom. The molecule has 0 fully saturated rings. The molecule has 114 valence electrons. The Balaban J connectivity index is 2.24. The molecule has 0 aliphatic rings. The number of rotatable bonds is 3. The molecule has 23 heavy (non-hydrogen) atoms. The van der Waals surface area contributed by atoms with E-state index in [2.05, 4.69) is 21.8 Å². The number of nitrogens with zero attached hydrogens (tertiary/aromatic N) is 3. The van der Waals surface area contributed by atoms with Crippen LogP contribution in [-0.4, -0.2) is 20.3 Å². The molecule has 2 heterocycles. The van der Waals surface area contributed by atoms with E-state index in [1.54, 1.807) is 23.8 Å². The SMILES string of the molecule is CC#CCSc1nc2ccccc2c(=O)n1-c1ccc(C)cn1. The minimum atomic E-state index is -0.112. The van der Waals surface area contributed by atoms with Gasteiger partial charge in [-0.3, -0.25) is 4.79 Å². The molecule has 4 nitrogen and oxygen atoms in total. The highest BCUT2D eigenvalue weighted by Crippen LogP contribution is 2.20. The average molecular weight is 321 g/mol. The lowest BCUT2D eigenvalue weighted by Gasteiger charge is -2.11. The second kappa shape index (κ2) is 6.67. The van der Waals surface area contributed by atoms with Gasteiger partial charge in [0.25, 0.3) is 5.56 Å². The van der Waals surface area contributed by atoms with Gasteiger partial charge in [0.05, 0.1) is 16.7 Å². The highest BCUT2D eigenvalue weighted by molar-refractivity contribution is 7.99. The van der Waals surface area contributed by atoms with Gasteiger partial charge < -0.3 is 0 Å². The lowest BCUT2D eigenvalue weighted by molar-refractivity contribution is 0.796. The minimum Gasteiger partial charge on any atom is -0.268 e. The van der Waals surface area contributed by atoms with Crippen LogP contribution in [0.5, 0.6) is 0 Å². The Morgan fingerprint density at radius 1 is 1.22 bits per heavy atom. The first kappa shape index (κ1) is 15.3. The van der Waals surface area contributed by atoms with Gasteiger partial charge in [0.1, 0.15) is 5.82 Å². The zero-order valence-corrected chi connectivity index (χ0v) is 13.7. The average Bonchev–Trinajstić information content (AvgIpc) is 2.57. The van der Waals surface area contributed by atoms with E-state index in [1.165, 1.54) is 11.8 Å². The first-order valence-corrected chi connectivity index (χ1v) is 8.16. The predicted molar refractivity (Wildman–Crippen MR) is 94.0 cm³/mol. The fourth-order valence-electron chi connectivity index (χ4n) is 2.18. The first-order valence-electron chi connectivity index (χ1n) is 7.18. The van der Waals surface area contributed by atoms with Crippen LogP contribution < -0.4 is 5.56 Å². The summed E-state index contributed by atoms with van der Waals surface area (Å²) in [4.78, 5) is 21.9. The van der Waals surface area contributed by atoms with E-state index in [1.807, 2.05) is 37.3 Å². The summed E-state index contributed by atoms with van der Waals surface area (Å²) in [5.41, 5.74) is 1.62. The maximum atomic E-state index is 12.9. The molecule has 0 amide bonds. The van der Waals surface area contributed by atoms with Crippen molar-refractivity contribution in [2.75, 3.05) is 5.75 Å². The Labute approximate surface area is 138 Å². The van der Waals surface area contributed by atoms with Crippen LogP contribution in [0.15, 0.2) is 52.5 Å². The summed E-state index contributed by atoms with van der Waals surface area (Å²) in [5, 5.41) is 1.19. The fourth-order valence-corrected chi connectivity index (χ4v) is 2.99. The third kappa shape index (κ3) is 3.13. The molecule has 0 spiro atoms. The molecule has 1 aromatic carbocycles. The third-order valence-electron chi connectivity index (χ3n) is 3.32. The Kier molecular flexibility index (Phi) is 4.45. The van der Waals surface area contributed by atoms with E-state index in [4.69, 9.17) is 0 Å². The van der Waals surface area contributed by atoms with Crippen LogP contribution in [0.3, 0.4) is 0 Å². The summed E-state index contributed by atoms with van der Waals surface area (Å²) in [6, 6.07) is 11.1. The summed E-state index contributed by atoms with van der Waals surface area (Å²) in [5.74, 6) is 7.00. The van der Waals surface area contributed by atoms with Crippen molar-refractivity contribution < 1.29 is 0 Å². The van der Waals surface area contributed by atoms with Gasteiger partial charge in [-0.25, -0.2) is 14.5 Å². The molecule has 3 rings (SSSR count). The highest BCUT2D eigenvalue weighted by atomic mass is 32.2. The molecular formula is C18H15N3OS. The van der Waals surface area contributed by atoms with Crippen molar-refractivity contribution in [3.05, 3.63) is 58.5 Å². The summed E-state index contributed by atoms with van der Waals surface area (Å²) < 4.78 is 1.56. The van der Waals surface area contributed by atoms with E-state index in [0.717, 1.165) is 5.56 Å². The van der Waals surface area contributed by atoms with Gasteiger partial charge in [-0.2, -0.15) is 0 Å². The number of aryl methyl sites for hydroxylation is 1. The number of para-hydroxylation sites is 1. The van der Waals surface area contributed by atoms with Gasteiger partial charge in [-0.05, 0) is 37.6 Å². The molecule has 0 aliphatic heterocycles. The topological polar surface area (TPSA) is 47.8 Å². The van der Waals surface area contributed by atoms with Crippen LogP contribution in [0.1, 0.15) is 12.5 Å². The molecule has 0 N–H and O–H groups in total. The first-order chi connectivity index (χ1) is 11.2. The normalized spacial score (nSPS) is 10.3. The van der Waals surface area contributed by atoms with Crippen molar-refractivity contribution >= 4 is 22.7 Å². The van der Waals surface area contributed by atoms with Crippen LogP contribution in [0.2, 0.25) is 0 Å². The van der Waals surface area contributed by atoms with E-state index in [-0.39, 0.29) is 5.56 Å². The number of pyridine rings is 1. The van der Waals surface area contributed by atoms with Gasteiger partial charge in [-0.15, -0.1) is 5.92 Å². The van der Waals surface area contributed by atoms with E-state index in [0.29, 0.717) is 27.6 Å². The molecule has 0 radical (unpaired) electrons. The second-order valence-electron chi connectivity index (χ2n) is 4.96. The maximum absolute atomic E-state index is 12.9. The van der Waals surface area contributed by atoms with Gasteiger partial charge in [-0.1, -0.05) is 35.9 Å². The van der Waals surface area contributed by atoms with Crippen molar-refractivity contribution in [3.63, 3.8) is 0 Å². The minimum absolute atomic E-state index is 0.112. The molecule has 0 aliphatic carbocycles. The van der Waals surface area contributed by atoms with E-state index in [9.17, 15) is 4.79 Å². The van der Waals surface area contributed by atoms with Crippen molar-refractivity contribution in [2.45, 2.75) is 19.0 Å². The number of hydrogen-bond donors (Lipinski definition) is 0. The Morgan fingerprint density at radius 3 is 2.78 bits per heavy atom. The quantitative estimate of drug-likeness (QED) is 0.422. The smallest absolute Gasteiger partial charge is 0.267 e. The molecule has 2 aromatic heterocycles. The second-order valence-corrected chi connectivity index (χ2v) is 5.90. The molecular weight excluding hydrogens is 306 g/mol. The molecule has 0 saturated carbocycles. The number of thioether (sulfide) groups is 1. The van der Waals surface area contributed by atoms with E-state index >= 15 is 0 Å². The van der Waals surface area contributed by atoms with Crippen molar-refractivity contribution in [1.82, 2.24) is 14.5 Å². The standard InChI is InChI=1S/C18H15N3OS/c1-3-4-11-23-18-20-15-8-6-5-7-14(15)17(22)21(18)16-10-9-13(2)12-19-16/h5-10,12H,11H2,1-2H3. The van der Waals surface area contributed by atoms with Crippen molar-refractivity contribution in [1.29, 1.82) is 0 Å². The summed E-state index contributed by atoms with van der Waals surface area (Å²) >= 11 is 1.44. The summed E-state index contributed by atoms with van der Waals surface area (Å²) in [6.07, 6.45) is 1.75. The van der Waals surface area contributed by atoms with E-state index < -0.39 is 0 Å². The number of hydrogen-bond acceptors (Lipinski definition) is 4. The van der Waals surface area contributed by atoms with Crippen LogP contribution in [0, 0.1) is 18.8 Å². The van der Waals surface area contributed by atoms with Crippen LogP contribution >= 0.6 is 11.8 Å².